The molecule has 30 heavy (non-hydrogen) atoms. The molecule has 0 bridgehead atoms. The summed E-state index contributed by atoms with van der Waals surface area (Å²) in [7, 11) is -3.80. The fourth-order valence-electron chi connectivity index (χ4n) is 3.87. The van der Waals surface area contributed by atoms with Crippen LogP contribution in [0.15, 0.2) is 63.9 Å². The van der Waals surface area contributed by atoms with E-state index in [4.69, 9.17) is 0 Å². The van der Waals surface area contributed by atoms with Crippen molar-refractivity contribution in [2.45, 2.75) is 49.6 Å². The summed E-state index contributed by atoms with van der Waals surface area (Å²) in [5.74, 6) is 0.0590. The minimum Gasteiger partial charge on any atom is -0.353 e. The van der Waals surface area contributed by atoms with Crippen LogP contribution in [0.1, 0.15) is 37.7 Å². The molecule has 158 valence electrons. The molecule has 0 radical (unpaired) electrons. The summed E-state index contributed by atoms with van der Waals surface area (Å²) in [6.45, 7) is 0.476. The van der Waals surface area contributed by atoms with E-state index in [1.807, 2.05) is 41.3 Å². The summed E-state index contributed by atoms with van der Waals surface area (Å²) in [4.78, 5) is 14.5. The summed E-state index contributed by atoms with van der Waals surface area (Å²) in [6, 6.07) is 16.9. The summed E-state index contributed by atoms with van der Waals surface area (Å²) in [5.41, 5.74) is 1.62. The van der Waals surface area contributed by atoms with Crippen LogP contribution >= 0.6 is 11.8 Å². The highest BCUT2D eigenvalue weighted by Crippen LogP contribution is 2.35. The average molecular weight is 444 g/mol. The zero-order valence-corrected chi connectivity index (χ0v) is 18.3. The molecule has 2 aromatic rings. The zero-order chi connectivity index (χ0) is 21.0. The summed E-state index contributed by atoms with van der Waals surface area (Å²) in [5, 5.41) is 3.41. The summed E-state index contributed by atoms with van der Waals surface area (Å²) in [6.07, 6.45) is 5.54. The van der Waals surface area contributed by atoms with E-state index in [-0.39, 0.29) is 22.6 Å². The number of para-hydroxylation sites is 1. The van der Waals surface area contributed by atoms with Gasteiger partial charge in [-0.15, -0.1) is 4.40 Å². The van der Waals surface area contributed by atoms with E-state index in [1.54, 1.807) is 18.2 Å². The van der Waals surface area contributed by atoms with Crippen LogP contribution in [-0.4, -0.2) is 31.3 Å². The Hall–Kier alpha value is -2.32. The Labute approximate surface area is 181 Å². The van der Waals surface area contributed by atoms with Crippen molar-refractivity contribution < 1.29 is 13.2 Å². The van der Waals surface area contributed by atoms with Gasteiger partial charge < -0.3 is 10.2 Å². The van der Waals surface area contributed by atoms with E-state index in [0.717, 1.165) is 31.2 Å². The number of nitrogens with one attached hydrogen (secondary N) is 1. The maximum atomic E-state index is 12.7. The van der Waals surface area contributed by atoms with Crippen LogP contribution in [0.25, 0.3) is 0 Å². The first-order chi connectivity index (χ1) is 14.5. The van der Waals surface area contributed by atoms with Gasteiger partial charge in [-0.1, -0.05) is 73.5 Å². The van der Waals surface area contributed by atoms with Crippen LogP contribution in [0, 0.1) is 0 Å². The van der Waals surface area contributed by atoms with Gasteiger partial charge in [0.2, 0.25) is 5.91 Å². The van der Waals surface area contributed by atoms with Crippen molar-refractivity contribution in [3.05, 3.63) is 60.2 Å². The van der Waals surface area contributed by atoms with E-state index in [0.29, 0.717) is 17.4 Å². The van der Waals surface area contributed by atoms with E-state index in [9.17, 15) is 13.2 Å². The third-order valence-electron chi connectivity index (χ3n) is 5.35. The van der Waals surface area contributed by atoms with Crippen molar-refractivity contribution >= 4 is 38.5 Å². The number of amidine groups is 1. The minimum atomic E-state index is -3.80. The molecular formula is C22H25N3O3S2. The molecule has 8 heteroatoms. The Morgan fingerprint density at radius 1 is 1.03 bits per heavy atom. The van der Waals surface area contributed by atoms with Crippen LogP contribution in [0.4, 0.5) is 5.69 Å². The molecule has 0 atom stereocenters. The Kier molecular flexibility index (Phi) is 6.43. The molecule has 1 amide bonds. The van der Waals surface area contributed by atoms with E-state index in [1.165, 1.54) is 18.2 Å². The number of rotatable bonds is 5. The molecule has 2 aliphatic rings. The highest BCUT2D eigenvalue weighted by Gasteiger charge is 2.31. The highest BCUT2D eigenvalue weighted by molar-refractivity contribution is 8.15. The number of thioether (sulfide) groups is 1. The van der Waals surface area contributed by atoms with Crippen LogP contribution in [0.5, 0.6) is 0 Å². The molecule has 1 N–H and O–H groups in total. The van der Waals surface area contributed by atoms with Crippen molar-refractivity contribution in [1.29, 1.82) is 0 Å². The molecule has 2 aromatic carbocycles. The van der Waals surface area contributed by atoms with Gasteiger partial charge in [-0.3, -0.25) is 4.79 Å². The molecule has 6 nitrogen and oxygen atoms in total. The van der Waals surface area contributed by atoms with Crippen molar-refractivity contribution in [3.8, 4) is 0 Å². The van der Waals surface area contributed by atoms with Gasteiger partial charge in [0.05, 0.1) is 18.0 Å². The summed E-state index contributed by atoms with van der Waals surface area (Å²) < 4.78 is 29.5. The van der Waals surface area contributed by atoms with Crippen LogP contribution < -0.4 is 10.2 Å². The predicted molar refractivity (Wildman–Crippen MR) is 121 cm³/mol. The predicted octanol–water partition coefficient (Wildman–Crippen LogP) is 3.93. The van der Waals surface area contributed by atoms with Gasteiger partial charge in [-0.2, -0.15) is 8.42 Å². The van der Waals surface area contributed by atoms with E-state index >= 15 is 0 Å². The van der Waals surface area contributed by atoms with Crippen LogP contribution in [0.2, 0.25) is 0 Å². The molecule has 1 saturated carbocycles. The number of hydrogen-bond acceptors (Lipinski definition) is 5. The largest absolute Gasteiger partial charge is 0.353 e. The third kappa shape index (κ3) is 4.87. The van der Waals surface area contributed by atoms with Crippen molar-refractivity contribution in [2.75, 3.05) is 10.7 Å². The second-order valence-corrected chi connectivity index (χ2v) is 10.1. The molecule has 1 aliphatic carbocycles. The number of anilines is 1. The van der Waals surface area contributed by atoms with E-state index < -0.39 is 10.0 Å². The molecule has 0 spiro atoms. The van der Waals surface area contributed by atoms with Crippen molar-refractivity contribution in [1.82, 2.24) is 5.32 Å². The van der Waals surface area contributed by atoms with Gasteiger partial charge in [-0.05, 0) is 30.5 Å². The number of sulfonamides is 1. The quantitative estimate of drug-likeness (QED) is 0.757. The minimum absolute atomic E-state index is 0.0782. The van der Waals surface area contributed by atoms with Crippen molar-refractivity contribution in [2.24, 2.45) is 4.40 Å². The number of benzene rings is 2. The lowest BCUT2D eigenvalue weighted by Gasteiger charge is -2.30. The summed E-state index contributed by atoms with van der Waals surface area (Å²) >= 11 is 1.17. The van der Waals surface area contributed by atoms with Gasteiger partial charge >= 0.3 is 0 Å². The number of amides is 1. The molecule has 1 aliphatic heterocycles. The fraction of sp³-hybridized carbons (Fsp3) is 0.364. The number of carbonyl (C=O) groups is 1. The van der Waals surface area contributed by atoms with Crippen molar-refractivity contribution in [3.63, 3.8) is 0 Å². The Balaban J connectivity index is 1.54. The van der Waals surface area contributed by atoms with Gasteiger partial charge in [-0.25, -0.2) is 0 Å². The molecule has 0 aromatic heterocycles. The number of hydrogen-bond donors (Lipinski definition) is 1. The second kappa shape index (κ2) is 9.22. The standard InChI is InChI=1S/C22H25N3O3S2/c26-21(23-18-11-5-2-6-12-18)16-29-22-24-30(27,28)20-14-8-7-13-19(20)25(22)15-17-9-3-1-4-10-17/h1,3-4,7-10,13-14,18H,2,5-6,11-12,15-16H2,(H,23,26). The molecule has 4 rings (SSSR count). The highest BCUT2D eigenvalue weighted by atomic mass is 32.2. The lowest BCUT2D eigenvalue weighted by Crippen LogP contribution is -2.39. The van der Waals surface area contributed by atoms with Gasteiger partial charge in [0.1, 0.15) is 4.90 Å². The fourth-order valence-corrected chi connectivity index (χ4v) is 6.14. The smallest absolute Gasteiger partial charge is 0.286 e. The SMILES string of the molecule is O=C(CSC1=NS(=O)(=O)c2ccccc2N1Cc1ccccc1)NC1CCCCC1. The Morgan fingerprint density at radius 3 is 2.50 bits per heavy atom. The Bertz CT molecular complexity index is 1030. The van der Waals surface area contributed by atoms with E-state index in [2.05, 4.69) is 9.71 Å². The second-order valence-electron chi connectivity index (χ2n) is 7.58. The topological polar surface area (TPSA) is 78.8 Å². The molecular weight excluding hydrogens is 418 g/mol. The molecule has 0 unspecified atom stereocenters. The van der Waals surface area contributed by atoms with Crippen LogP contribution in [0.3, 0.4) is 0 Å². The average Bonchev–Trinajstić information content (AvgIpc) is 2.76. The number of fused-ring (bicyclic) bond motifs is 1. The number of nitrogens with zero attached hydrogens (tertiary/aromatic N) is 2. The first-order valence-corrected chi connectivity index (χ1v) is 12.6. The van der Waals surface area contributed by atoms with Gasteiger partial charge in [0.25, 0.3) is 10.0 Å². The first-order valence-electron chi connectivity index (χ1n) is 10.2. The van der Waals surface area contributed by atoms with Gasteiger partial charge in [0, 0.05) is 6.04 Å². The molecule has 0 saturated heterocycles. The molecule has 1 heterocycles. The maximum absolute atomic E-state index is 12.7. The maximum Gasteiger partial charge on any atom is 0.286 e. The normalized spacial score (nSPS) is 18.4. The first kappa shape index (κ1) is 20.9. The zero-order valence-electron chi connectivity index (χ0n) is 16.7. The van der Waals surface area contributed by atoms with Gasteiger partial charge in [0.15, 0.2) is 5.17 Å². The third-order valence-corrected chi connectivity index (χ3v) is 7.76. The Morgan fingerprint density at radius 2 is 1.73 bits per heavy atom. The number of carbonyl (C=O) groups excluding carboxylic acids is 1. The van der Waals surface area contributed by atoms with Crippen LogP contribution in [-0.2, 0) is 21.4 Å². The lowest BCUT2D eigenvalue weighted by molar-refractivity contribution is -0.119. The monoisotopic (exact) mass is 443 g/mol. The lowest BCUT2D eigenvalue weighted by atomic mass is 9.95. The molecule has 1 fully saturated rings.